The molecule has 17 heavy (non-hydrogen) atoms. The largest absolute Gasteiger partial charge is 0.379 e. The zero-order chi connectivity index (χ0) is 12.7. The number of hydrogen-bond acceptors (Lipinski definition) is 4. The Labute approximate surface area is 104 Å². The van der Waals surface area contributed by atoms with Crippen molar-refractivity contribution in [2.75, 3.05) is 46.4 Å². The van der Waals surface area contributed by atoms with Gasteiger partial charge in [-0.3, -0.25) is 4.79 Å². The van der Waals surface area contributed by atoms with E-state index in [1.54, 1.807) is 0 Å². The van der Waals surface area contributed by atoms with Crippen molar-refractivity contribution in [3.8, 4) is 0 Å². The maximum atomic E-state index is 11.9. The maximum Gasteiger partial charge on any atom is 0.227 e. The maximum absolute atomic E-state index is 11.9. The highest BCUT2D eigenvalue weighted by Gasteiger charge is 2.32. The number of nitrogens with one attached hydrogen (secondary N) is 2. The molecule has 1 saturated heterocycles. The lowest BCUT2D eigenvalue weighted by Crippen LogP contribution is -2.44. The molecule has 2 unspecified atom stereocenters. The second kappa shape index (κ2) is 7.63. The van der Waals surface area contributed by atoms with Crippen LogP contribution in [0.2, 0.25) is 0 Å². The summed E-state index contributed by atoms with van der Waals surface area (Å²) < 4.78 is 5.32. The van der Waals surface area contributed by atoms with Crippen LogP contribution in [0.15, 0.2) is 0 Å². The normalized spacial score (nSPS) is 24.2. The number of carbonyl (C=O) groups is 1. The van der Waals surface area contributed by atoms with Gasteiger partial charge in [0.25, 0.3) is 0 Å². The van der Waals surface area contributed by atoms with Gasteiger partial charge in [0.15, 0.2) is 0 Å². The lowest BCUT2D eigenvalue weighted by molar-refractivity contribution is -0.125. The standard InChI is InChI=1S/C12H25N3O2/c1-4-15(5-2)7-6-14-12(16)10-8-17-9-11(10)13-3/h10-11,13H,4-9H2,1-3H3,(H,14,16). The molecule has 0 spiro atoms. The molecule has 0 aromatic carbocycles. The van der Waals surface area contributed by atoms with Crippen LogP contribution >= 0.6 is 0 Å². The van der Waals surface area contributed by atoms with Crippen LogP contribution in [-0.4, -0.2) is 63.3 Å². The Kier molecular flexibility index (Phi) is 6.47. The Hall–Kier alpha value is -0.650. The van der Waals surface area contributed by atoms with E-state index < -0.39 is 0 Å². The van der Waals surface area contributed by atoms with Crippen LogP contribution in [0.25, 0.3) is 0 Å². The summed E-state index contributed by atoms with van der Waals surface area (Å²) in [7, 11) is 1.87. The molecule has 1 heterocycles. The van der Waals surface area contributed by atoms with E-state index in [0.717, 1.165) is 19.6 Å². The smallest absolute Gasteiger partial charge is 0.227 e. The topological polar surface area (TPSA) is 53.6 Å². The van der Waals surface area contributed by atoms with Crippen molar-refractivity contribution in [2.45, 2.75) is 19.9 Å². The van der Waals surface area contributed by atoms with Gasteiger partial charge < -0.3 is 20.3 Å². The Morgan fingerprint density at radius 3 is 2.65 bits per heavy atom. The fourth-order valence-corrected chi connectivity index (χ4v) is 2.11. The summed E-state index contributed by atoms with van der Waals surface area (Å²) in [5.41, 5.74) is 0. The first-order valence-corrected chi connectivity index (χ1v) is 6.48. The summed E-state index contributed by atoms with van der Waals surface area (Å²) in [5.74, 6) is 0.0608. The quantitative estimate of drug-likeness (QED) is 0.643. The fraction of sp³-hybridized carbons (Fsp3) is 0.917. The molecule has 0 aromatic rings. The molecule has 1 fully saturated rings. The molecule has 0 bridgehead atoms. The molecule has 5 nitrogen and oxygen atoms in total. The van der Waals surface area contributed by atoms with Crippen molar-refractivity contribution < 1.29 is 9.53 Å². The highest BCUT2D eigenvalue weighted by Crippen LogP contribution is 2.13. The van der Waals surface area contributed by atoms with Crippen LogP contribution in [0, 0.1) is 5.92 Å². The minimum Gasteiger partial charge on any atom is -0.379 e. The summed E-state index contributed by atoms with van der Waals surface area (Å²) in [6.07, 6.45) is 0. The molecule has 0 aromatic heterocycles. The molecule has 5 heteroatoms. The predicted molar refractivity (Wildman–Crippen MR) is 68.0 cm³/mol. The highest BCUT2D eigenvalue weighted by atomic mass is 16.5. The Bertz CT molecular complexity index is 232. The average molecular weight is 243 g/mol. The van der Waals surface area contributed by atoms with Gasteiger partial charge in [-0.15, -0.1) is 0 Å². The zero-order valence-corrected chi connectivity index (χ0v) is 11.2. The number of ether oxygens (including phenoxy) is 1. The van der Waals surface area contributed by atoms with Crippen molar-refractivity contribution in [1.29, 1.82) is 0 Å². The first kappa shape index (κ1) is 14.4. The van der Waals surface area contributed by atoms with Crippen LogP contribution in [0.5, 0.6) is 0 Å². The van der Waals surface area contributed by atoms with Crippen LogP contribution in [0.3, 0.4) is 0 Å². The third-order valence-corrected chi connectivity index (χ3v) is 3.41. The molecule has 0 aliphatic carbocycles. The molecule has 2 atom stereocenters. The van der Waals surface area contributed by atoms with Gasteiger partial charge in [-0.1, -0.05) is 13.8 Å². The zero-order valence-electron chi connectivity index (χ0n) is 11.2. The molecule has 1 aliphatic rings. The van der Waals surface area contributed by atoms with Crippen molar-refractivity contribution in [3.63, 3.8) is 0 Å². The minimum atomic E-state index is -0.0447. The summed E-state index contributed by atoms with van der Waals surface area (Å²) >= 11 is 0. The van der Waals surface area contributed by atoms with E-state index >= 15 is 0 Å². The van der Waals surface area contributed by atoms with Crippen molar-refractivity contribution in [1.82, 2.24) is 15.5 Å². The molecule has 100 valence electrons. The lowest BCUT2D eigenvalue weighted by Gasteiger charge is -2.20. The van der Waals surface area contributed by atoms with Gasteiger partial charge >= 0.3 is 0 Å². The third kappa shape index (κ3) is 4.26. The van der Waals surface area contributed by atoms with Crippen molar-refractivity contribution in [2.24, 2.45) is 5.92 Å². The molecule has 0 saturated carbocycles. The summed E-state index contributed by atoms with van der Waals surface area (Å²) in [5, 5.41) is 6.11. The van der Waals surface area contributed by atoms with E-state index in [1.807, 2.05) is 7.05 Å². The summed E-state index contributed by atoms with van der Waals surface area (Å²) in [6.45, 7) is 9.10. The van der Waals surface area contributed by atoms with Gasteiger partial charge in [-0.25, -0.2) is 0 Å². The average Bonchev–Trinajstić information content (AvgIpc) is 2.82. The molecule has 1 aliphatic heterocycles. The van der Waals surface area contributed by atoms with E-state index in [2.05, 4.69) is 29.4 Å². The first-order valence-electron chi connectivity index (χ1n) is 6.48. The van der Waals surface area contributed by atoms with Crippen LogP contribution in [0.1, 0.15) is 13.8 Å². The SMILES string of the molecule is CCN(CC)CCNC(=O)C1COCC1NC. The van der Waals surface area contributed by atoms with Crippen molar-refractivity contribution >= 4 is 5.91 Å². The predicted octanol–water partition coefficient (Wildman–Crippen LogP) is -0.321. The van der Waals surface area contributed by atoms with Gasteiger partial charge in [0.2, 0.25) is 5.91 Å². The number of amides is 1. The fourth-order valence-electron chi connectivity index (χ4n) is 2.11. The van der Waals surface area contributed by atoms with E-state index in [9.17, 15) is 4.79 Å². The second-order valence-electron chi connectivity index (χ2n) is 4.36. The number of hydrogen-bond donors (Lipinski definition) is 2. The monoisotopic (exact) mass is 243 g/mol. The molecule has 1 amide bonds. The Morgan fingerprint density at radius 2 is 2.06 bits per heavy atom. The van der Waals surface area contributed by atoms with E-state index in [0.29, 0.717) is 19.8 Å². The minimum absolute atomic E-state index is 0.0447. The number of carbonyl (C=O) groups excluding carboxylic acids is 1. The molecular weight excluding hydrogens is 218 g/mol. The molecular formula is C12H25N3O2. The van der Waals surface area contributed by atoms with Crippen molar-refractivity contribution in [3.05, 3.63) is 0 Å². The Balaban J connectivity index is 2.24. The lowest BCUT2D eigenvalue weighted by atomic mass is 10.0. The Morgan fingerprint density at radius 1 is 1.35 bits per heavy atom. The first-order chi connectivity index (χ1) is 8.22. The molecule has 1 rings (SSSR count). The van der Waals surface area contributed by atoms with Gasteiger partial charge in [0.1, 0.15) is 0 Å². The highest BCUT2D eigenvalue weighted by molar-refractivity contribution is 5.79. The van der Waals surface area contributed by atoms with E-state index in [-0.39, 0.29) is 17.9 Å². The van der Waals surface area contributed by atoms with E-state index in [1.165, 1.54) is 0 Å². The van der Waals surface area contributed by atoms with Crippen LogP contribution in [-0.2, 0) is 9.53 Å². The summed E-state index contributed by atoms with van der Waals surface area (Å²) in [6, 6.07) is 0.156. The summed E-state index contributed by atoms with van der Waals surface area (Å²) in [4.78, 5) is 14.2. The van der Waals surface area contributed by atoms with Crippen LogP contribution in [0.4, 0.5) is 0 Å². The van der Waals surface area contributed by atoms with Gasteiger partial charge in [-0.05, 0) is 20.1 Å². The third-order valence-electron chi connectivity index (χ3n) is 3.41. The van der Waals surface area contributed by atoms with Gasteiger partial charge in [0, 0.05) is 19.1 Å². The number of rotatable bonds is 7. The second-order valence-corrected chi connectivity index (χ2v) is 4.36. The number of nitrogens with zero attached hydrogens (tertiary/aromatic N) is 1. The van der Waals surface area contributed by atoms with Gasteiger partial charge in [0.05, 0.1) is 19.1 Å². The van der Waals surface area contributed by atoms with Gasteiger partial charge in [-0.2, -0.15) is 0 Å². The molecule has 0 radical (unpaired) electrons. The van der Waals surface area contributed by atoms with E-state index in [4.69, 9.17) is 4.74 Å². The molecule has 2 N–H and O–H groups in total. The van der Waals surface area contributed by atoms with Crippen LogP contribution < -0.4 is 10.6 Å². The number of likely N-dealkylation sites (N-methyl/N-ethyl adjacent to an activating group) is 2.